The van der Waals surface area contributed by atoms with E-state index in [1.807, 2.05) is 12.1 Å². The molecule has 0 radical (unpaired) electrons. The second kappa shape index (κ2) is 7.25. The summed E-state index contributed by atoms with van der Waals surface area (Å²) in [5.74, 6) is 0.699. The molecule has 20 heavy (non-hydrogen) atoms. The molecule has 0 amide bonds. The van der Waals surface area contributed by atoms with Crippen LogP contribution in [0, 0.1) is 0 Å². The van der Waals surface area contributed by atoms with Crippen LogP contribution in [0.5, 0.6) is 5.75 Å². The van der Waals surface area contributed by atoms with Crippen LogP contribution in [0.3, 0.4) is 0 Å². The van der Waals surface area contributed by atoms with E-state index in [0.717, 1.165) is 12.0 Å². The molecule has 1 heterocycles. The molecule has 3 nitrogen and oxygen atoms in total. The Morgan fingerprint density at radius 3 is 2.95 bits per heavy atom. The fraction of sp³-hybridized carbons (Fsp3) is 0.533. The van der Waals surface area contributed by atoms with Crippen LogP contribution in [0.25, 0.3) is 0 Å². The Morgan fingerprint density at radius 1 is 1.50 bits per heavy atom. The minimum Gasteiger partial charge on any atom is -0.492 e. The van der Waals surface area contributed by atoms with E-state index in [9.17, 15) is 0 Å². The van der Waals surface area contributed by atoms with E-state index >= 15 is 0 Å². The number of nitrogens with two attached hydrogens (primary N) is 1. The fourth-order valence-electron chi connectivity index (χ4n) is 2.58. The van der Waals surface area contributed by atoms with E-state index in [1.165, 1.54) is 25.8 Å². The molecular weight excluding hydrogens is 292 g/mol. The third-order valence-electron chi connectivity index (χ3n) is 3.85. The molecule has 5 heteroatoms. The topological polar surface area (TPSA) is 38.5 Å². The number of hydrogen-bond acceptors (Lipinski definition) is 3. The Bertz CT molecular complexity index is 481. The van der Waals surface area contributed by atoms with Crippen molar-refractivity contribution in [2.45, 2.75) is 31.7 Å². The van der Waals surface area contributed by atoms with Gasteiger partial charge in [0.1, 0.15) is 10.7 Å². The third kappa shape index (κ3) is 4.08. The second-order valence-electron chi connectivity index (χ2n) is 5.28. The normalized spacial score (nSPS) is 19.8. The van der Waals surface area contributed by atoms with Crippen molar-refractivity contribution < 1.29 is 4.74 Å². The molecule has 1 aromatic carbocycles. The largest absolute Gasteiger partial charge is 0.492 e. The monoisotopic (exact) mass is 312 g/mol. The summed E-state index contributed by atoms with van der Waals surface area (Å²) in [6.07, 6.45) is 4.91. The van der Waals surface area contributed by atoms with Crippen molar-refractivity contribution in [3.63, 3.8) is 0 Å². The van der Waals surface area contributed by atoms with E-state index in [4.69, 9.17) is 34.3 Å². The number of hydrogen-bond donors (Lipinski definition) is 1. The standard InChI is InChI=1S/C15H21ClN2OS/c1-18-8-3-2-4-12(18)7-9-19-14-6-5-11(15(17)20)10-13(14)16/h5-6,10,12H,2-4,7-9H2,1H3,(H2,17,20). The van der Waals surface area contributed by atoms with E-state index in [0.29, 0.717) is 28.4 Å². The summed E-state index contributed by atoms with van der Waals surface area (Å²) >= 11 is 11.1. The van der Waals surface area contributed by atoms with Gasteiger partial charge in [-0.05, 0) is 51.1 Å². The van der Waals surface area contributed by atoms with Crippen LogP contribution in [-0.2, 0) is 0 Å². The summed E-state index contributed by atoms with van der Waals surface area (Å²) < 4.78 is 5.78. The SMILES string of the molecule is CN1CCCCC1CCOc1ccc(C(N)=S)cc1Cl. The highest BCUT2D eigenvalue weighted by Crippen LogP contribution is 2.26. The number of likely N-dealkylation sites (tertiary alicyclic amines) is 1. The first-order valence-corrected chi connectivity index (χ1v) is 7.79. The first kappa shape index (κ1) is 15.5. The van der Waals surface area contributed by atoms with Gasteiger partial charge in [-0.1, -0.05) is 30.2 Å². The number of rotatable bonds is 5. The first-order chi connectivity index (χ1) is 9.58. The van der Waals surface area contributed by atoms with Gasteiger partial charge in [-0.15, -0.1) is 0 Å². The maximum absolute atomic E-state index is 6.17. The second-order valence-corrected chi connectivity index (χ2v) is 6.12. The van der Waals surface area contributed by atoms with Crippen LogP contribution >= 0.6 is 23.8 Å². The van der Waals surface area contributed by atoms with E-state index in [2.05, 4.69) is 11.9 Å². The van der Waals surface area contributed by atoms with Crippen molar-refractivity contribution in [1.82, 2.24) is 4.90 Å². The maximum atomic E-state index is 6.17. The minimum absolute atomic E-state index is 0.349. The average Bonchev–Trinajstić information content (AvgIpc) is 2.42. The van der Waals surface area contributed by atoms with Gasteiger partial charge in [-0.3, -0.25) is 0 Å². The summed E-state index contributed by atoms with van der Waals surface area (Å²) in [4.78, 5) is 2.77. The minimum atomic E-state index is 0.349. The quantitative estimate of drug-likeness (QED) is 0.847. The maximum Gasteiger partial charge on any atom is 0.137 e. The summed E-state index contributed by atoms with van der Waals surface area (Å²) in [5, 5.41) is 0.562. The molecule has 0 spiro atoms. The molecule has 2 N–H and O–H groups in total. The lowest BCUT2D eigenvalue weighted by atomic mass is 10.0. The van der Waals surface area contributed by atoms with Crippen LogP contribution in [0.1, 0.15) is 31.2 Å². The van der Waals surface area contributed by atoms with Crippen LogP contribution in [0.15, 0.2) is 18.2 Å². The van der Waals surface area contributed by atoms with Gasteiger partial charge in [0, 0.05) is 11.6 Å². The van der Waals surface area contributed by atoms with Crippen LogP contribution < -0.4 is 10.5 Å². The van der Waals surface area contributed by atoms with Gasteiger partial charge in [-0.2, -0.15) is 0 Å². The Morgan fingerprint density at radius 2 is 2.30 bits per heavy atom. The molecule has 0 saturated carbocycles. The third-order valence-corrected chi connectivity index (χ3v) is 4.38. The summed E-state index contributed by atoms with van der Waals surface area (Å²) in [7, 11) is 2.19. The Labute approximate surface area is 131 Å². The van der Waals surface area contributed by atoms with Gasteiger partial charge < -0.3 is 15.4 Å². The number of benzene rings is 1. The molecule has 1 fully saturated rings. The molecule has 1 aliphatic heterocycles. The van der Waals surface area contributed by atoms with Crippen molar-refractivity contribution in [2.75, 3.05) is 20.2 Å². The van der Waals surface area contributed by atoms with Crippen molar-refractivity contribution in [1.29, 1.82) is 0 Å². The van der Waals surface area contributed by atoms with Crippen LogP contribution in [0.4, 0.5) is 0 Å². The Hall–Kier alpha value is -0.840. The molecule has 2 rings (SSSR count). The highest BCUT2D eigenvalue weighted by Gasteiger charge is 2.18. The molecule has 110 valence electrons. The number of nitrogens with zero attached hydrogens (tertiary/aromatic N) is 1. The molecule has 1 aliphatic rings. The molecule has 1 saturated heterocycles. The zero-order valence-electron chi connectivity index (χ0n) is 11.8. The average molecular weight is 313 g/mol. The summed E-state index contributed by atoms with van der Waals surface area (Å²) in [6.45, 7) is 1.87. The smallest absolute Gasteiger partial charge is 0.137 e. The lowest BCUT2D eigenvalue weighted by molar-refractivity contribution is 0.153. The van der Waals surface area contributed by atoms with E-state index in [1.54, 1.807) is 6.07 Å². The highest BCUT2D eigenvalue weighted by molar-refractivity contribution is 7.80. The van der Waals surface area contributed by atoms with Gasteiger partial charge in [-0.25, -0.2) is 0 Å². The highest BCUT2D eigenvalue weighted by atomic mass is 35.5. The first-order valence-electron chi connectivity index (χ1n) is 7.00. The lowest BCUT2D eigenvalue weighted by Crippen LogP contribution is -2.37. The molecule has 1 atom stereocenters. The predicted molar refractivity (Wildman–Crippen MR) is 87.7 cm³/mol. The van der Waals surface area contributed by atoms with Crippen molar-refractivity contribution in [3.05, 3.63) is 28.8 Å². The number of thiocarbonyl (C=S) groups is 1. The Balaban J connectivity index is 1.86. The number of ether oxygens (including phenoxy) is 1. The zero-order valence-corrected chi connectivity index (χ0v) is 13.3. The fourth-order valence-corrected chi connectivity index (χ4v) is 2.95. The van der Waals surface area contributed by atoms with E-state index < -0.39 is 0 Å². The molecule has 0 aliphatic carbocycles. The van der Waals surface area contributed by atoms with Gasteiger partial charge in [0.2, 0.25) is 0 Å². The lowest BCUT2D eigenvalue weighted by Gasteiger charge is -2.32. The summed E-state index contributed by atoms with van der Waals surface area (Å²) in [5.41, 5.74) is 6.34. The van der Waals surface area contributed by atoms with Gasteiger partial charge in [0.15, 0.2) is 0 Å². The zero-order chi connectivity index (χ0) is 14.5. The van der Waals surface area contributed by atoms with Gasteiger partial charge in [0.25, 0.3) is 0 Å². The van der Waals surface area contributed by atoms with Crippen molar-refractivity contribution >= 4 is 28.8 Å². The van der Waals surface area contributed by atoms with E-state index in [-0.39, 0.29) is 0 Å². The van der Waals surface area contributed by atoms with Gasteiger partial charge in [0.05, 0.1) is 11.6 Å². The van der Waals surface area contributed by atoms with Gasteiger partial charge >= 0.3 is 0 Å². The van der Waals surface area contributed by atoms with Crippen LogP contribution in [0.2, 0.25) is 5.02 Å². The molecule has 0 bridgehead atoms. The van der Waals surface area contributed by atoms with Crippen LogP contribution in [-0.4, -0.2) is 36.1 Å². The number of piperidine rings is 1. The van der Waals surface area contributed by atoms with Crippen molar-refractivity contribution in [2.24, 2.45) is 5.73 Å². The molecule has 0 aromatic heterocycles. The summed E-state index contributed by atoms with van der Waals surface area (Å²) in [6, 6.07) is 6.06. The molecule has 1 unspecified atom stereocenters. The van der Waals surface area contributed by atoms with Crippen molar-refractivity contribution in [3.8, 4) is 5.75 Å². The molecular formula is C15H21ClN2OS. The molecule has 1 aromatic rings. The Kier molecular flexibility index (Phi) is 5.64. The number of halogens is 1. The predicted octanol–water partition coefficient (Wildman–Crippen LogP) is 3.23.